The van der Waals surface area contributed by atoms with Crippen LogP contribution in [0.2, 0.25) is 5.02 Å². The fourth-order valence-electron chi connectivity index (χ4n) is 6.41. The van der Waals surface area contributed by atoms with Gasteiger partial charge < -0.3 is 20.3 Å². The fourth-order valence-corrected chi connectivity index (χ4v) is 6.54. The predicted molar refractivity (Wildman–Crippen MR) is 134 cm³/mol. The highest BCUT2D eigenvalue weighted by Crippen LogP contribution is 2.55. The lowest BCUT2D eigenvalue weighted by atomic mass is 9.73. The molecule has 5 rings (SSSR count). The first-order valence-corrected chi connectivity index (χ1v) is 12.8. The number of nitrogens with zero attached hydrogens (tertiary/aromatic N) is 1. The zero-order valence-corrected chi connectivity index (χ0v) is 20.8. The minimum atomic E-state index is -1.17. The van der Waals surface area contributed by atoms with Gasteiger partial charge in [0.1, 0.15) is 11.6 Å². The van der Waals surface area contributed by atoms with E-state index in [1.165, 1.54) is 4.90 Å². The topological polar surface area (TPSA) is 87.7 Å². The summed E-state index contributed by atoms with van der Waals surface area (Å²) in [5.74, 6) is -1.42. The highest BCUT2D eigenvalue weighted by molar-refractivity contribution is 6.30. The molecule has 2 saturated heterocycles. The number of ether oxygens (including phenoxy) is 1. The van der Waals surface area contributed by atoms with E-state index >= 15 is 0 Å². The Morgan fingerprint density at radius 3 is 2.69 bits per heavy atom. The summed E-state index contributed by atoms with van der Waals surface area (Å²) in [6.45, 7) is 8.38. The number of hydrogen-bond donors (Lipinski definition) is 2. The number of halogens is 1. The van der Waals surface area contributed by atoms with Crippen molar-refractivity contribution >= 4 is 35.0 Å². The molecule has 2 bridgehead atoms. The minimum Gasteiger partial charge on any atom is -0.359 e. The number of carbonyl (C=O) groups excluding carboxylic acids is 3. The van der Waals surface area contributed by atoms with Crippen molar-refractivity contribution in [1.29, 1.82) is 0 Å². The molecule has 8 atom stereocenters. The van der Waals surface area contributed by atoms with E-state index in [4.69, 9.17) is 16.3 Å². The Balaban J connectivity index is 1.42. The maximum Gasteiger partial charge on any atom is 0.246 e. The van der Waals surface area contributed by atoms with Gasteiger partial charge in [-0.2, -0.15) is 0 Å². The van der Waals surface area contributed by atoms with Gasteiger partial charge in [0.2, 0.25) is 17.7 Å². The maximum atomic E-state index is 13.8. The molecule has 4 aliphatic rings. The SMILES string of the molecule is C=CCN1C(=O)[C@@H]2[C@H](C(=O)Nc3ccc(Cl)cc3)[C@@H]3C=C[C@@]2(O3)[C@@H]1C(=O)N[C@@H]1CCC[C@@H](C)[C@H]1C. The van der Waals surface area contributed by atoms with Gasteiger partial charge >= 0.3 is 0 Å². The standard InChI is InChI=1S/C27H32ClN3O4/c1-4-14-31-23(25(33)30-19-7-5-6-15(2)16(19)3)27-13-12-20(35-27)21(22(27)26(31)34)24(32)29-18-10-8-17(28)9-11-18/h4,8-13,15-16,19-23H,1,5-7,14H2,2-3H3,(H,29,32)(H,30,33)/t15-,16-,19-,20+,21-,22+,23+,27+/m1/s1. The minimum absolute atomic E-state index is 0.0500. The molecule has 8 heteroatoms. The molecule has 1 aliphatic carbocycles. The molecule has 1 aromatic carbocycles. The average Bonchev–Trinajstić information content (AvgIpc) is 3.46. The van der Waals surface area contributed by atoms with Crippen LogP contribution in [0.25, 0.3) is 0 Å². The van der Waals surface area contributed by atoms with E-state index in [0.29, 0.717) is 22.5 Å². The summed E-state index contributed by atoms with van der Waals surface area (Å²) < 4.78 is 6.34. The summed E-state index contributed by atoms with van der Waals surface area (Å²) in [6.07, 6.45) is 7.83. The average molecular weight is 498 g/mol. The van der Waals surface area contributed by atoms with E-state index in [1.54, 1.807) is 30.3 Å². The summed E-state index contributed by atoms with van der Waals surface area (Å²) >= 11 is 5.96. The van der Waals surface area contributed by atoms with Crippen LogP contribution in [-0.2, 0) is 19.1 Å². The lowest BCUT2D eigenvalue weighted by Crippen LogP contribution is -2.57. The van der Waals surface area contributed by atoms with Gasteiger partial charge in [0, 0.05) is 23.3 Å². The lowest BCUT2D eigenvalue weighted by molar-refractivity contribution is -0.141. The molecule has 3 aliphatic heterocycles. The third kappa shape index (κ3) is 3.89. The first-order chi connectivity index (χ1) is 16.8. The van der Waals surface area contributed by atoms with Crippen LogP contribution >= 0.6 is 11.6 Å². The molecule has 35 heavy (non-hydrogen) atoms. The van der Waals surface area contributed by atoms with Gasteiger partial charge in [0.25, 0.3) is 0 Å². The monoisotopic (exact) mass is 497 g/mol. The highest BCUT2D eigenvalue weighted by Gasteiger charge is 2.72. The van der Waals surface area contributed by atoms with E-state index in [9.17, 15) is 14.4 Å². The Kier molecular flexibility index (Phi) is 6.26. The van der Waals surface area contributed by atoms with E-state index < -0.39 is 29.6 Å². The van der Waals surface area contributed by atoms with Gasteiger partial charge in [-0.15, -0.1) is 6.58 Å². The van der Waals surface area contributed by atoms with Crippen LogP contribution in [0, 0.1) is 23.7 Å². The number of carbonyl (C=O) groups is 3. The Bertz CT molecular complexity index is 1070. The Morgan fingerprint density at radius 2 is 1.97 bits per heavy atom. The molecule has 0 radical (unpaired) electrons. The number of anilines is 1. The van der Waals surface area contributed by atoms with Crippen molar-refractivity contribution in [2.45, 2.75) is 56.9 Å². The number of fused-ring (bicyclic) bond motifs is 1. The molecule has 2 N–H and O–H groups in total. The van der Waals surface area contributed by atoms with Crippen molar-refractivity contribution < 1.29 is 19.1 Å². The number of likely N-dealkylation sites (tertiary alicyclic amines) is 1. The van der Waals surface area contributed by atoms with Gasteiger partial charge in [-0.3, -0.25) is 14.4 Å². The normalized spacial score (nSPS) is 37.3. The summed E-state index contributed by atoms with van der Waals surface area (Å²) in [5.41, 5.74) is -0.580. The van der Waals surface area contributed by atoms with Gasteiger partial charge in [0.15, 0.2) is 0 Å². The summed E-state index contributed by atoms with van der Waals surface area (Å²) in [5, 5.41) is 6.69. The number of benzene rings is 1. The van der Waals surface area contributed by atoms with Gasteiger partial charge in [-0.25, -0.2) is 0 Å². The van der Waals surface area contributed by atoms with E-state index in [-0.39, 0.29) is 30.3 Å². The Morgan fingerprint density at radius 1 is 1.23 bits per heavy atom. The van der Waals surface area contributed by atoms with E-state index in [1.807, 2.05) is 12.2 Å². The van der Waals surface area contributed by atoms with Crippen LogP contribution in [0.15, 0.2) is 49.1 Å². The second-order valence-electron chi connectivity index (χ2n) is 10.4. The molecular weight excluding hydrogens is 466 g/mol. The van der Waals surface area contributed by atoms with Gasteiger partial charge in [-0.05, 0) is 42.5 Å². The molecule has 3 fully saturated rings. The van der Waals surface area contributed by atoms with E-state index in [2.05, 4.69) is 31.1 Å². The van der Waals surface area contributed by atoms with Gasteiger partial charge in [-0.1, -0.05) is 56.5 Å². The zero-order chi connectivity index (χ0) is 24.9. The predicted octanol–water partition coefficient (Wildman–Crippen LogP) is 3.56. The first kappa shape index (κ1) is 24.1. The van der Waals surface area contributed by atoms with Crippen LogP contribution in [0.4, 0.5) is 5.69 Å². The third-order valence-electron chi connectivity index (χ3n) is 8.40. The molecular formula is C27H32ClN3O4. The molecule has 0 unspecified atom stereocenters. The molecule has 1 spiro atoms. The fraction of sp³-hybridized carbons (Fsp3) is 0.519. The van der Waals surface area contributed by atoms with Crippen molar-refractivity contribution in [2.24, 2.45) is 23.7 Å². The summed E-state index contributed by atoms with van der Waals surface area (Å²) in [4.78, 5) is 42.3. The van der Waals surface area contributed by atoms with Crippen molar-refractivity contribution in [2.75, 3.05) is 11.9 Å². The number of hydrogen-bond acceptors (Lipinski definition) is 4. The quantitative estimate of drug-likeness (QED) is 0.588. The second-order valence-corrected chi connectivity index (χ2v) is 10.8. The highest BCUT2D eigenvalue weighted by atomic mass is 35.5. The van der Waals surface area contributed by atoms with Crippen molar-refractivity contribution in [3.05, 3.63) is 54.1 Å². The van der Waals surface area contributed by atoms with Crippen molar-refractivity contribution in [1.82, 2.24) is 10.2 Å². The van der Waals surface area contributed by atoms with Crippen LogP contribution < -0.4 is 10.6 Å². The Hall–Kier alpha value is -2.64. The van der Waals surface area contributed by atoms with E-state index in [0.717, 1.165) is 19.3 Å². The van der Waals surface area contributed by atoms with Crippen molar-refractivity contribution in [3.63, 3.8) is 0 Å². The number of nitrogens with one attached hydrogen (secondary N) is 2. The first-order valence-electron chi connectivity index (χ1n) is 12.4. The maximum absolute atomic E-state index is 13.8. The van der Waals surface area contributed by atoms with Gasteiger partial charge in [0.05, 0.1) is 17.9 Å². The number of rotatable bonds is 6. The Labute approximate surface area is 210 Å². The summed E-state index contributed by atoms with van der Waals surface area (Å²) in [6, 6.07) is 6.00. The molecule has 186 valence electrons. The lowest BCUT2D eigenvalue weighted by Gasteiger charge is -2.37. The summed E-state index contributed by atoms with van der Waals surface area (Å²) in [7, 11) is 0. The van der Waals surface area contributed by atoms with Crippen molar-refractivity contribution in [3.8, 4) is 0 Å². The van der Waals surface area contributed by atoms with Crippen LogP contribution in [0.5, 0.6) is 0 Å². The van der Waals surface area contributed by atoms with Crippen LogP contribution in [0.1, 0.15) is 33.1 Å². The molecule has 3 heterocycles. The molecule has 1 aromatic rings. The zero-order valence-electron chi connectivity index (χ0n) is 20.1. The van der Waals surface area contributed by atoms with Crippen LogP contribution in [0.3, 0.4) is 0 Å². The molecule has 1 saturated carbocycles. The molecule has 7 nitrogen and oxygen atoms in total. The molecule has 3 amide bonds. The number of amides is 3. The smallest absolute Gasteiger partial charge is 0.246 e. The van der Waals surface area contributed by atoms with Crippen LogP contribution in [-0.4, -0.2) is 53.0 Å². The molecule has 0 aromatic heterocycles. The third-order valence-corrected chi connectivity index (χ3v) is 8.65. The second kappa shape index (κ2) is 9.10. The largest absolute Gasteiger partial charge is 0.359 e.